The van der Waals surface area contributed by atoms with Crippen LogP contribution >= 0.6 is 0 Å². The minimum absolute atomic E-state index is 0.609. The third kappa shape index (κ3) is 0.949. The van der Waals surface area contributed by atoms with Gasteiger partial charge in [-0.1, -0.05) is 0 Å². The van der Waals surface area contributed by atoms with Gasteiger partial charge >= 0.3 is 42.9 Å². The zero-order valence-corrected chi connectivity index (χ0v) is 5.32. The van der Waals surface area contributed by atoms with E-state index in [0.717, 1.165) is 15.0 Å². The third-order valence-corrected chi connectivity index (χ3v) is 2.91. The first-order valence-corrected chi connectivity index (χ1v) is 4.28. The molecule has 1 aliphatic heterocycles. The quantitative estimate of drug-likeness (QED) is 0.396. The van der Waals surface area contributed by atoms with Gasteiger partial charge in [-0.2, -0.15) is 0 Å². The van der Waals surface area contributed by atoms with Crippen LogP contribution in [0.5, 0.6) is 0 Å². The monoisotopic (exact) mass is 153 g/mol. The molecule has 0 radical (unpaired) electrons. The second-order valence-corrected chi connectivity index (χ2v) is 4.06. The summed E-state index contributed by atoms with van der Waals surface area (Å²) >= 11 is 0.806. The van der Waals surface area contributed by atoms with E-state index in [1.807, 2.05) is 0 Å². The Balaban J connectivity index is 2.18. The van der Waals surface area contributed by atoms with E-state index in [0.29, 0.717) is 5.06 Å². The van der Waals surface area contributed by atoms with Crippen LogP contribution in [-0.4, -0.2) is 26.6 Å². The third-order valence-electron chi connectivity index (χ3n) is 0.793. The number of nitrogens with one attached hydrogen (secondary N) is 1. The van der Waals surface area contributed by atoms with Gasteiger partial charge in [-0.05, 0) is 0 Å². The van der Waals surface area contributed by atoms with E-state index in [-0.39, 0.29) is 0 Å². The molecule has 0 amide bonds. The average Bonchev–Trinajstić information content (AvgIpc) is 1.86. The number of hydrogen-bond donors (Lipinski definition) is 2. The van der Waals surface area contributed by atoms with Gasteiger partial charge in [0.1, 0.15) is 0 Å². The zero-order valence-electron chi connectivity index (χ0n) is 3.61. The second-order valence-electron chi connectivity index (χ2n) is 1.31. The standard InChI is InChI=1S/C3H8N2Se/c4-3-5-1-2-6-3/h3,5H,1-2,4H2/p+1. The second kappa shape index (κ2) is 1.94. The van der Waals surface area contributed by atoms with Crippen molar-refractivity contribution in [2.75, 3.05) is 6.54 Å². The van der Waals surface area contributed by atoms with Crippen LogP contribution in [0.25, 0.3) is 0 Å². The van der Waals surface area contributed by atoms with Gasteiger partial charge in [-0.3, -0.25) is 0 Å². The molecule has 3 heteroatoms. The van der Waals surface area contributed by atoms with Crippen molar-refractivity contribution in [3.05, 3.63) is 0 Å². The number of quaternary nitrogens is 1. The molecule has 1 fully saturated rings. The summed E-state index contributed by atoms with van der Waals surface area (Å²) < 4.78 is 0. The Hall–Kier alpha value is 0.439. The fraction of sp³-hybridized carbons (Fsp3) is 1.00. The molecule has 6 heavy (non-hydrogen) atoms. The van der Waals surface area contributed by atoms with E-state index in [2.05, 4.69) is 11.1 Å². The van der Waals surface area contributed by atoms with Crippen LogP contribution in [0.3, 0.4) is 0 Å². The van der Waals surface area contributed by atoms with E-state index in [1.54, 1.807) is 0 Å². The summed E-state index contributed by atoms with van der Waals surface area (Å²) in [6.07, 6.45) is 0. The first-order valence-electron chi connectivity index (χ1n) is 2.07. The summed E-state index contributed by atoms with van der Waals surface area (Å²) in [7, 11) is 0. The molecule has 0 aliphatic carbocycles. The summed E-state index contributed by atoms with van der Waals surface area (Å²) in [4.78, 5) is 0. The SMILES string of the molecule is [NH3+]C1NCC[Se]1. The van der Waals surface area contributed by atoms with Crippen molar-refractivity contribution in [2.24, 2.45) is 0 Å². The fourth-order valence-electron chi connectivity index (χ4n) is 0.480. The Morgan fingerprint density at radius 1 is 1.83 bits per heavy atom. The van der Waals surface area contributed by atoms with Crippen molar-refractivity contribution >= 4 is 15.0 Å². The van der Waals surface area contributed by atoms with Crippen LogP contribution in [0, 0.1) is 0 Å². The molecule has 0 saturated carbocycles. The molecule has 1 rings (SSSR count). The first-order chi connectivity index (χ1) is 2.89. The molecule has 2 nitrogen and oxygen atoms in total. The summed E-state index contributed by atoms with van der Waals surface area (Å²) in [5.74, 6) is 0. The maximum absolute atomic E-state index is 3.85. The molecular weight excluding hydrogens is 143 g/mol. The predicted octanol–water partition coefficient (Wildman–Crippen LogP) is -1.76. The van der Waals surface area contributed by atoms with Gasteiger partial charge < -0.3 is 0 Å². The normalized spacial score (nSPS) is 34.5. The van der Waals surface area contributed by atoms with Crippen molar-refractivity contribution in [1.82, 2.24) is 5.32 Å². The molecule has 0 aromatic heterocycles. The van der Waals surface area contributed by atoms with Gasteiger partial charge in [0.2, 0.25) is 0 Å². The minimum atomic E-state index is 0.609. The van der Waals surface area contributed by atoms with Crippen molar-refractivity contribution in [3.8, 4) is 0 Å². The van der Waals surface area contributed by atoms with Crippen LogP contribution in [0.4, 0.5) is 0 Å². The molecule has 0 aromatic rings. The zero-order chi connectivity index (χ0) is 4.41. The van der Waals surface area contributed by atoms with Gasteiger partial charge in [0.15, 0.2) is 0 Å². The van der Waals surface area contributed by atoms with Gasteiger partial charge in [-0.15, -0.1) is 0 Å². The Morgan fingerprint density at radius 2 is 2.67 bits per heavy atom. The summed E-state index contributed by atoms with van der Waals surface area (Å²) in [6, 6.07) is 0. The molecule has 1 atom stereocenters. The molecule has 1 unspecified atom stereocenters. The molecule has 0 spiro atoms. The van der Waals surface area contributed by atoms with Crippen molar-refractivity contribution < 1.29 is 5.73 Å². The Kier molecular flexibility index (Phi) is 1.48. The Morgan fingerprint density at radius 3 is 2.83 bits per heavy atom. The van der Waals surface area contributed by atoms with Crippen LogP contribution in [0.1, 0.15) is 0 Å². The van der Waals surface area contributed by atoms with Crippen LogP contribution in [-0.2, 0) is 0 Å². The van der Waals surface area contributed by atoms with Crippen LogP contribution in [0.2, 0.25) is 5.32 Å². The summed E-state index contributed by atoms with van der Waals surface area (Å²) in [5, 5.41) is 5.22. The molecule has 36 valence electrons. The van der Waals surface area contributed by atoms with E-state index in [1.165, 1.54) is 11.9 Å². The molecule has 0 bridgehead atoms. The average molecular weight is 152 g/mol. The number of hydrogen-bond acceptors (Lipinski definition) is 1. The first kappa shape index (κ1) is 4.59. The van der Waals surface area contributed by atoms with Gasteiger partial charge in [0.25, 0.3) is 0 Å². The molecule has 1 aliphatic rings. The Bertz CT molecular complexity index is 42.1. The fourth-order valence-corrected chi connectivity index (χ4v) is 2.07. The Labute approximate surface area is 43.6 Å². The van der Waals surface area contributed by atoms with Gasteiger partial charge in [0, 0.05) is 0 Å². The van der Waals surface area contributed by atoms with Crippen molar-refractivity contribution in [3.63, 3.8) is 0 Å². The molecule has 1 heterocycles. The van der Waals surface area contributed by atoms with Gasteiger partial charge in [-0.25, -0.2) is 0 Å². The van der Waals surface area contributed by atoms with Crippen LogP contribution in [0.15, 0.2) is 0 Å². The van der Waals surface area contributed by atoms with E-state index >= 15 is 0 Å². The van der Waals surface area contributed by atoms with Gasteiger partial charge in [0.05, 0.1) is 0 Å². The molecular formula is C3H9N2Se+. The maximum atomic E-state index is 3.85. The van der Waals surface area contributed by atoms with E-state index in [9.17, 15) is 0 Å². The van der Waals surface area contributed by atoms with E-state index < -0.39 is 0 Å². The topological polar surface area (TPSA) is 39.7 Å². The number of rotatable bonds is 0. The van der Waals surface area contributed by atoms with Crippen LogP contribution < -0.4 is 11.1 Å². The summed E-state index contributed by atoms with van der Waals surface area (Å²) in [6.45, 7) is 1.20. The molecule has 4 N–H and O–H groups in total. The van der Waals surface area contributed by atoms with E-state index in [4.69, 9.17) is 0 Å². The molecule has 0 aromatic carbocycles. The van der Waals surface area contributed by atoms with Crippen molar-refractivity contribution in [2.45, 2.75) is 10.4 Å². The van der Waals surface area contributed by atoms with Crippen molar-refractivity contribution in [1.29, 1.82) is 0 Å². The predicted molar refractivity (Wildman–Crippen MR) is 25.2 cm³/mol. The molecule has 1 saturated heterocycles. The summed E-state index contributed by atoms with van der Waals surface area (Å²) in [5.41, 5.74) is 3.85.